The number of carboxylic acid groups (broad SMARTS) is 1. The quantitative estimate of drug-likeness (QED) is 0.838. The molecule has 1 aliphatic heterocycles. The number of amides is 1. The lowest BCUT2D eigenvalue weighted by atomic mass is 9.99. The van der Waals surface area contributed by atoms with E-state index in [0.29, 0.717) is 5.56 Å². The van der Waals surface area contributed by atoms with Crippen molar-refractivity contribution in [3.63, 3.8) is 0 Å². The number of benzene rings is 2. The van der Waals surface area contributed by atoms with E-state index in [2.05, 4.69) is 0 Å². The van der Waals surface area contributed by atoms with Crippen molar-refractivity contribution >= 4 is 12.1 Å². The third-order valence-electron chi connectivity index (χ3n) is 4.31. The number of likely N-dealkylation sites (tertiary alicyclic amines) is 1. The molecule has 1 unspecified atom stereocenters. The van der Waals surface area contributed by atoms with E-state index in [4.69, 9.17) is 9.84 Å². The summed E-state index contributed by atoms with van der Waals surface area (Å²) in [5, 5.41) is 18.5. The molecule has 1 fully saturated rings. The molecule has 0 aliphatic carbocycles. The molecule has 2 aromatic carbocycles. The number of rotatable bonds is 3. The normalized spacial score (nSPS) is 19.7. The summed E-state index contributed by atoms with van der Waals surface area (Å²) in [6.07, 6.45) is -3.14. The number of hydrogen-bond acceptors (Lipinski definition) is 4. The van der Waals surface area contributed by atoms with E-state index in [1.807, 2.05) is 43.3 Å². The van der Waals surface area contributed by atoms with Crippen LogP contribution in [0.5, 0.6) is 0 Å². The zero-order chi connectivity index (χ0) is 18.0. The Morgan fingerprint density at radius 3 is 2.44 bits per heavy atom. The molecular formula is C19H19NO5. The van der Waals surface area contributed by atoms with Crippen LogP contribution in [-0.4, -0.2) is 46.1 Å². The topological polar surface area (TPSA) is 87.1 Å². The molecule has 1 amide bonds. The van der Waals surface area contributed by atoms with Gasteiger partial charge in [-0.15, -0.1) is 0 Å². The number of hydrogen-bond donors (Lipinski definition) is 2. The zero-order valence-corrected chi connectivity index (χ0v) is 13.8. The van der Waals surface area contributed by atoms with Crippen LogP contribution in [0.15, 0.2) is 48.5 Å². The molecule has 0 aromatic heterocycles. The first kappa shape index (κ1) is 17.0. The Bertz CT molecular complexity index is 787. The third kappa shape index (κ3) is 3.64. The molecule has 1 saturated heterocycles. The minimum atomic E-state index is -1.47. The lowest BCUT2D eigenvalue weighted by Gasteiger charge is -2.23. The lowest BCUT2D eigenvalue weighted by molar-refractivity contribution is -0.00750. The van der Waals surface area contributed by atoms with Crippen LogP contribution in [0, 0.1) is 6.92 Å². The largest absolute Gasteiger partial charge is 0.507 e. The SMILES string of the molecule is Cc1ccccc1-c1ccc(C(=O)N2CC(O)C[C@H]2OC(=O)O)cc1. The van der Waals surface area contributed by atoms with Gasteiger partial charge in [-0.2, -0.15) is 0 Å². The van der Waals surface area contributed by atoms with Crippen molar-refractivity contribution in [2.45, 2.75) is 25.7 Å². The van der Waals surface area contributed by atoms with Crippen LogP contribution in [0.1, 0.15) is 22.3 Å². The van der Waals surface area contributed by atoms with Gasteiger partial charge in [0.05, 0.1) is 12.6 Å². The summed E-state index contributed by atoms with van der Waals surface area (Å²) in [6, 6.07) is 15.1. The van der Waals surface area contributed by atoms with Gasteiger partial charge < -0.3 is 19.8 Å². The number of nitrogens with zero attached hydrogens (tertiary/aromatic N) is 1. The molecule has 0 bridgehead atoms. The number of aliphatic hydroxyl groups is 1. The minimum absolute atomic E-state index is 0.0519. The van der Waals surface area contributed by atoms with E-state index in [-0.39, 0.29) is 18.9 Å². The molecule has 2 N–H and O–H groups in total. The third-order valence-corrected chi connectivity index (χ3v) is 4.31. The summed E-state index contributed by atoms with van der Waals surface area (Å²) in [4.78, 5) is 24.7. The van der Waals surface area contributed by atoms with Crippen LogP contribution in [0.2, 0.25) is 0 Å². The van der Waals surface area contributed by atoms with Crippen LogP contribution in [0.4, 0.5) is 4.79 Å². The van der Waals surface area contributed by atoms with Crippen molar-refractivity contribution in [3.05, 3.63) is 59.7 Å². The Morgan fingerprint density at radius 1 is 1.12 bits per heavy atom. The average molecular weight is 341 g/mol. The van der Waals surface area contributed by atoms with Crippen molar-refractivity contribution in [1.29, 1.82) is 0 Å². The van der Waals surface area contributed by atoms with Gasteiger partial charge in [0.25, 0.3) is 5.91 Å². The van der Waals surface area contributed by atoms with E-state index in [1.165, 1.54) is 4.90 Å². The standard InChI is InChI=1S/C19H19NO5/c1-12-4-2-3-5-16(12)13-6-8-14(9-7-13)18(22)20-11-15(21)10-17(20)25-19(23)24/h2-9,15,17,21H,10-11H2,1H3,(H,23,24)/t15?,17-/m1/s1. The van der Waals surface area contributed by atoms with E-state index in [0.717, 1.165) is 16.7 Å². The van der Waals surface area contributed by atoms with Gasteiger partial charge in [-0.3, -0.25) is 4.79 Å². The van der Waals surface area contributed by atoms with Gasteiger partial charge in [0.15, 0.2) is 6.23 Å². The van der Waals surface area contributed by atoms with Gasteiger partial charge in [-0.25, -0.2) is 4.79 Å². The van der Waals surface area contributed by atoms with E-state index in [1.54, 1.807) is 12.1 Å². The van der Waals surface area contributed by atoms with Crippen LogP contribution in [-0.2, 0) is 4.74 Å². The molecule has 1 aliphatic rings. The predicted octanol–water partition coefficient (Wildman–Crippen LogP) is 2.89. The fourth-order valence-electron chi connectivity index (χ4n) is 3.08. The summed E-state index contributed by atoms with van der Waals surface area (Å²) in [5.41, 5.74) is 3.64. The molecule has 2 aromatic rings. The van der Waals surface area contributed by atoms with Gasteiger partial charge in [0, 0.05) is 12.0 Å². The first-order chi connectivity index (χ1) is 12.0. The summed E-state index contributed by atoms with van der Waals surface area (Å²) in [7, 11) is 0. The second kappa shape index (κ2) is 6.94. The molecule has 2 atom stereocenters. The van der Waals surface area contributed by atoms with E-state index < -0.39 is 18.5 Å². The highest BCUT2D eigenvalue weighted by Crippen LogP contribution is 2.25. The number of ether oxygens (including phenoxy) is 1. The summed E-state index contributed by atoms with van der Waals surface area (Å²) in [5.74, 6) is -0.362. The number of aryl methyl sites for hydroxylation is 1. The Labute approximate surface area is 145 Å². The summed E-state index contributed by atoms with van der Waals surface area (Å²) >= 11 is 0. The fraction of sp³-hybridized carbons (Fsp3) is 0.263. The van der Waals surface area contributed by atoms with E-state index >= 15 is 0 Å². The molecular weight excluding hydrogens is 322 g/mol. The van der Waals surface area contributed by atoms with Crippen LogP contribution in [0.3, 0.4) is 0 Å². The Morgan fingerprint density at radius 2 is 1.80 bits per heavy atom. The average Bonchev–Trinajstić information content (AvgIpc) is 2.94. The second-order valence-electron chi connectivity index (χ2n) is 6.08. The van der Waals surface area contributed by atoms with Gasteiger partial charge >= 0.3 is 6.16 Å². The first-order valence-electron chi connectivity index (χ1n) is 8.00. The highest BCUT2D eigenvalue weighted by molar-refractivity contribution is 5.95. The first-order valence-corrected chi connectivity index (χ1v) is 8.00. The zero-order valence-electron chi connectivity index (χ0n) is 13.8. The van der Waals surface area contributed by atoms with Crippen molar-refractivity contribution in [3.8, 4) is 11.1 Å². The van der Waals surface area contributed by atoms with Gasteiger partial charge in [0.1, 0.15) is 0 Å². The van der Waals surface area contributed by atoms with Crippen molar-refractivity contribution < 1.29 is 24.5 Å². The van der Waals surface area contributed by atoms with Gasteiger partial charge in [-0.1, -0.05) is 36.4 Å². The summed E-state index contributed by atoms with van der Waals surface area (Å²) in [6.45, 7) is 2.07. The number of carbonyl (C=O) groups is 2. The van der Waals surface area contributed by atoms with Gasteiger partial charge in [-0.05, 0) is 35.7 Å². The highest BCUT2D eigenvalue weighted by atomic mass is 16.7. The van der Waals surface area contributed by atoms with Crippen LogP contribution < -0.4 is 0 Å². The van der Waals surface area contributed by atoms with Crippen LogP contribution >= 0.6 is 0 Å². The second-order valence-corrected chi connectivity index (χ2v) is 6.08. The van der Waals surface area contributed by atoms with Crippen molar-refractivity contribution in [1.82, 2.24) is 4.90 Å². The highest BCUT2D eigenvalue weighted by Gasteiger charge is 2.37. The van der Waals surface area contributed by atoms with Crippen LogP contribution in [0.25, 0.3) is 11.1 Å². The molecule has 1 heterocycles. The summed E-state index contributed by atoms with van der Waals surface area (Å²) < 4.78 is 4.71. The maximum atomic E-state index is 12.6. The Balaban J connectivity index is 1.81. The molecule has 130 valence electrons. The molecule has 3 rings (SSSR count). The lowest BCUT2D eigenvalue weighted by Crippen LogP contribution is -2.38. The monoisotopic (exact) mass is 341 g/mol. The predicted molar refractivity (Wildman–Crippen MR) is 91.2 cm³/mol. The number of aliphatic hydroxyl groups excluding tert-OH is 1. The maximum absolute atomic E-state index is 12.6. The van der Waals surface area contributed by atoms with Gasteiger partial charge in [0.2, 0.25) is 0 Å². The Kier molecular flexibility index (Phi) is 4.72. The molecule has 6 heteroatoms. The van der Waals surface area contributed by atoms with E-state index in [9.17, 15) is 14.7 Å². The minimum Gasteiger partial charge on any atom is -0.450 e. The molecule has 0 spiro atoms. The fourth-order valence-corrected chi connectivity index (χ4v) is 3.08. The smallest absolute Gasteiger partial charge is 0.450 e. The molecule has 0 radical (unpaired) electrons. The van der Waals surface area contributed by atoms with Crippen molar-refractivity contribution in [2.75, 3.05) is 6.54 Å². The molecule has 25 heavy (non-hydrogen) atoms. The number of carbonyl (C=O) groups excluding carboxylic acids is 1. The Hall–Kier alpha value is -2.86. The molecule has 6 nitrogen and oxygen atoms in total. The molecule has 0 saturated carbocycles. The van der Waals surface area contributed by atoms with Crippen molar-refractivity contribution in [2.24, 2.45) is 0 Å². The maximum Gasteiger partial charge on any atom is 0.507 e. The number of β-amino-alcohol motifs (C(OH)–C–C–N with tert-alkyl or cyclic N) is 1.